The molecule has 3 aliphatic carbocycles. The van der Waals surface area contributed by atoms with Gasteiger partial charge in [-0.3, -0.25) is 0 Å². The fraction of sp³-hybridized carbons (Fsp3) is 1.00. The molecule has 0 unspecified atom stereocenters. The van der Waals surface area contributed by atoms with Crippen molar-refractivity contribution in [2.24, 2.45) is 49.7 Å². The molecule has 0 heterocycles. The molecule has 0 nitrogen and oxygen atoms in total. The third kappa shape index (κ3) is 7.14. The number of hydrogen-bond acceptors (Lipinski definition) is 0. The van der Waals surface area contributed by atoms with Gasteiger partial charge in [0.2, 0.25) is 0 Å². The first-order valence-corrected chi connectivity index (χ1v) is 16.0. The van der Waals surface area contributed by atoms with Crippen LogP contribution in [0.5, 0.6) is 0 Å². The van der Waals surface area contributed by atoms with E-state index < -0.39 is 0 Å². The molecule has 216 valence electrons. The zero-order chi connectivity index (χ0) is 28.4. The number of rotatable bonds is 2. The Morgan fingerprint density at radius 3 is 0.750 bits per heavy atom. The molecule has 0 aromatic rings. The molecule has 0 spiro atoms. The molecule has 0 aromatic heterocycles. The summed E-state index contributed by atoms with van der Waals surface area (Å²) in [6, 6.07) is 0. The Morgan fingerprint density at radius 2 is 0.611 bits per heavy atom. The van der Waals surface area contributed by atoms with E-state index in [9.17, 15) is 0 Å². The van der Waals surface area contributed by atoms with Gasteiger partial charge in [0.25, 0.3) is 0 Å². The summed E-state index contributed by atoms with van der Waals surface area (Å²) in [5.74, 6) is 1.75. The second-order valence-corrected chi connectivity index (χ2v) is 18.0. The van der Waals surface area contributed by atoms with E-state index in [1.54, 1.807) is 0 Å². The summed E-state index contributed by atoms with van der Waals surface area (Å²) in [5.41, 5.74) is 3.78. The molecule has 3 fully saturated rings. The molecular weight excluding hydrogens is 432 g/mol. The zero-order valence-corrected chi connectivity index (χ0v) is 28.4. The van der Waals surface area contributed by atoms with Crippen LogP contribution in [0.25, 0.3) is 0 Å². The molecule has 0 bridgehead atoms. The maximum absolute atomic E-state index is 2.42. The highest BCUT2D eigenvalue weighted by Crippen LogP contribution is 2.67. The van der Waals surface area contributed by atoms with Crippen LogP contribution in [-0.2, 0) is 0 Å². The van der Waals surface area contributed by atoms with Crippen LogP contribution in [0.2, 0.25) is 0 Å². The van der Waals surface area contributed by atoms with Crippen LogP contribution in [0.1, 0.15) is 181 Å². The van der Waals surface area contributed by atoms with E-state index in [4.69, 9.17) is 0 Å². The second kappa shape index (κ2) is 11.6. The van der Waals surface area contributed by atoms with Crippen LogP contribution >= 0.6 is 0 Å². The third-order valence-electron chi connectivity index (χ3n) is 12.0. The summed E-state index contributed by atoms with van der Waals surface area (Å²) in [4.78, 5) is 0. The normalized spacial score (nSPS) is 23.5. The molecule has 0 heteroatoms. The van der Waals surface area contributed by atoms with E-state index in [1.807, 2.05) is 0 Å². The Balaban J connectivity index is 0.000000271. The lowest BCUT2D eigenvalue weighted by Crippen LogP contribution is -2.44. The summed E-state index contributed by atoms with van der Waals surface area (Å²) < 4.78 is 0. The van der Waals surface area contributed by atoms with Crippen molar-refractivity contribution in [1.82, 2.24) is 0 Å². The SMILES string of the molecule is CC(C)(C)C1(C(C)(C)C)CC1.CC(C)(C)C1(C(C)(C)C)CCCC1.CC(C)C1(C(C)C)CCCCC1. The number of hydrogen-bond donors (Lipinski definition) is 0. The molecule has 3 saturated carbocycles. The first-order chi connectivity index (χ1) is 16.0. The largest absolute Gasteiger partial charge is 0.0622 e. The van der Waals surface area contributed by atoms with Gasteiger partial charge in [-0.1, -0.05) is 143 Å². The zero-order valence-electron chi connectivity index (χ0n) is 28.4. The molecule has 0 aromatic carbocycles. The van der Waals surface area contributed by atoms with Crippen molar-refractivity contribution >= 4 is 0 Å². The molecule has 0 saturated heterocycles. The van der Waals surface area contributed by atoms with Gasteiger partial charge in [0.15, 0.2) is 0 Å². The maximum atomic E-state index is 2.42. The lowest BCUT2D eigenvalue weighted by Gasteiger charge is -2.52. The van der Waals surface area contributed by atoms with Crippen molar-refractivity contribution in [2.75, 3.05) is 0 Å². The maximum Gasteiger partial charge on any atom is -0.0200 e. The van der Waals surface area contributed by atoms with Crippen molar-refractivity contribution < 1.29 is 0 Å². The molecule has 0 N–H and O–H groups in total. The van der Waals surface area contributed by atoms with Crippen LogP contribution in [0, 0.1) is 49.7 Å². The third-order valence-corrected chi connectivity index (χ3v) is 12.0. The minimum atomic E-state index is 0.460. The second-order valence-electron chi connectivity index (χ2n) is 18.0. The van der Waals surface area contributed by atoms with Crippen molar-refractivity contribution in [2.45, 2.75) is 181 Å². The molecule has 3 rings (SSSR count). The van der Waals surface area contributed by atoms with Crippen LogP contribution < -0.4 is 0 Å². The Morgan fingerprint density at radius 1 is 0.361 bits per heavy atom. The van der Waals surface area contributed by atoms with Gasteiger partial charge in [-0.05, 0) is 88.3 Å². The van der Waals surface area contributed by atoms with Crippen molar-refractivity contribution in [3.63, 3.8) is 0 Å². The van der Waals surface area contributed by atoms with Crippen molar-refractivity contribution in [3.8, 4) is 0 Å². The van der Waals surface area contributed by atoms with Gasteiger partial charge in [0, 0.05) is 0 Å². The molecular formula is C36H72. The minimum absolute atomic E-state index is 0.460. The Labute approximate surface area is 231 Å². The Bertz CT molecular complexity index is 588. The molecule has 0 amide bonds. The summed E-state index contributed by atoms with van der Waals surface area (Å²) in [7, 11) is 0. The molecule has 36 heavy (non-hydrogen) atoms. The van der Waals surface area contributed by atoms with Gasteiger partial charge < -0.3 is 0 Å². The van der Waals surface area contributed by atoms with Crippen LogP contribution in [0.15, 0.2) is 0 Å². The fourth-order valence-corrected chi connectivity index (χ4v) is 9.38. The van der Waals surface area contributed by atoms with Crippen LogP contribution in [0.3, 0.4) is 0 Å². The minimum Gasteiger partial charge on any atom is -0.0622 e. The highest BCUT2D eigenvalue weighted by atomic mass is 14.6. The fourth-order valence-electron chi connectivity index (χ4n) is 9.38. The van der Waals surface area contributed by atoms with E-state index in [0.29, 0.717) is 37.9 Å². The van der Waals surface area contributed by atoms with Crippen molar-refractivity contribution in [1.29, 1.82) is 0 Å². The predicted molar refractivity (Wildman–Crippen MR) is 166 cm³/mol. The highest BCUT2D eigenvalue weighted by Gasteiger charge is 2.58. The summed E-state index contributed by atoms with van der Waals surface area (Å²) in [5, 5.41) is 0. The predicted octanol–water partition coefficient (Wildman–Crippen LogP) is 12.7. The Hall–Kier alpha value is 0. The van der Waals surface area contributed by atoms with Gasteiger partial charge in [0.05, 0.1) is 0 Å². The lowest BCUT2D eigenvalue weighted by molar-refractivity contribution is -0.0253. The summed E-state index contributed by atoms with van der Waals surface area (Å²) in [6.45, 7) is 38.4. The van der Waals surface area contributed by atoms with E-state index >= 15 is 0 Å². The summed E-state index contributed by atoms with van der Waals surface area (Å²) in [6.07, 6.45) is 16.0. The van der Waals surface area contributed by atoms with E-state index in [-0.39, 0.29) is 0 Å². The highest BCUT2D eigenvalue weighted by molar-refractivity contribution is 5.08. The summed E-state index contributed by atoms with van der Waals surface area (Å²) >= 11 is 0. The molecule has 0 radical (unpaired) electrons. The molecule has 0 aliphatic heterocycles. The van der Waals surface area contributed by atoms with Gasteiger partial charge in [-0.2, -0.15) is 0 Å². The van der Waals surface area contributed by atoms with E-state index in [0.717, 1.165) is 11.8 Å². The van der Waals surface area contributed by atoms with Gasteiger partial charge >= 0.3 is 0 Å². The smallest absolute Gasteiger partial charge is 0.0200 e. The van der Waals surface area contributed by atoms with E-state index in [2.05, 4.69) is 111 Å². The standard InChI is InChI=1S/C13H26.C12H24.C11H22/c1-11(2,3)13(12(4,5)6)9-7-8-10-13;1-10(2)12(11(3)4)8-6-5-7-9-12;1-9(2,3)11(7-8-11)10(4,5)6/h7-10H2,1-6H3;10-11H,5-9H2,1-4H3;7-8H2,1-6H3. The molecule has 0 atom stereocenters. The van der Waals surface area contributed by atoms with Gasteiger partial charge in [-0.25, -0.2) is 0 Å². The lowest BCUT2D eigenvalue weighted by atomic mass is 9.53. The Kier molecular flexibility index (Phi) is 11.0. The van der Waals surface area contributed by atoms with Gasteiger partial charge in [0.1, 0.15) is 0 Å². The average Bonchev–Trinajstić information content (AvgIpc) is 3.38. The topological polar surface area (TPSA) is 0 Å². The van der Waals surface area contributed by atoms with Gasteiger partial charge in [-0.15, -0.1) is 0 Å². The quantitative estimate of drug-likeness (QED) is 0.350. The van der Waals surface area contributed by atoms with Crippen molar-refractivity contribution in [3.05, 3.63) is 0 Å². The molecule has 3 aliphatic rings. The van der Waals surface area contributed by atoms with Crippen LogP contribution in [-0.4, -0.2) is 0 Å². The first kappa shape index (κ1) is 34.0. The van der Waals surface area contributed by atoms with E-state index in [1.165, 1.54) is 70.6 Å². The monoisotopic (exact) mass is 505 g/mol. The average molecular weight is 505 g/mol. The van der Waals surface area contributed by atoms with Crippen LogP contribution in [0.4, 0.5) is 0 Å². The first-order valence-electron chi connectivity index (χ1n) is 16.0.